The number of hydrogen-bond donors (Lipinski definition) is 1. The fourth-order valence-electron chi connectivity index (χ4n) is 1.48. The zero-order chi connectivity index (χ0) is 14.6. The van der Waals surface area contributed by atoms with Gasteiger partial charge in [0.2, 0.25) is 0 Å². The zero-order valence-corrected chi connectivity index (χ0v) is 12.6. The van der Waals surface area contributed by atoms with Gasteiger partial charge in [-0.3, -0.25) is 4.79 Å². The number of hydrogen-bond acceptors (Lipinski definition) is 4. The molecule has 1 amide bonds. The van der Waals surface area contributed by atoms with Crippen LogP contribution in [0.25, 0.3) is 0 Å². The van der Waals surface area contributed by atoms with Crippen LogP contribution in [0, 0.1) is 0 Å². The zero-order valence-electron chi connectivity index (χ0n) is 11.0. The number of carbonyl (C=O) groups excluding carboxylic acids is 1. The van der Waals surface area contributed by atoms with E-state index in [0.717, 1.165) is 0 Å². The first kappa shape index (κ1) is 16.0. The van der Waals surface area contributed by atoms with E-state index in [1.54, 1.807) is 14.0 Å². The Morgan fingerprint density at radius 2 is 2.21 bits per heavy atom. The van der Waals surface area contributed by atoms with Crippen molar-refractivity contribution in [2.24, 2.45) is 0 Å². The van der Waals surface area contributed by atoms with Gasteiger partial charge in [-0.05, 0) is 19.9 Å². The van der Waals surface area contributed by atoms with E-state index in [1.165, 1.54) is 16.8 Å². The predicted molar refractivity (Wildman–Crippen MR) is 71.9 cm³/mol. The Morgan fingerprint density at radius 3 is 2.68 bits per heavy atom. The molecule has 19 heavy (non-hydrogen) atoms. The van der Waals surface area contributed by atoms with Gasteiger partial charge in [-0.1, -0.05) is 0 Å². The van der Waals surface area contributed by atoms with Gasteiger partial charge in [0, 0.05) is 37.1 Å². The van der Waals surface area contributed by atoms with E-state index in [4.69, 9.17) is 15.4 Å². The summed E-state index contributed by atoms with van der Waals surface area (Å²) in [6, 6.07) is 1.26. The molecule has 0 aromatic carbocycles. The lowest BCUT2D eigenvalue weighted by Gasteiger charge is -2.11. The summed E-state index contributed by atoms with van der Waals surface area (Å²) in [5.74, 6) is -0.364. The third-order valence-corrected chi connectivity index (χ3v) is 4.00. The standard InChI is InChI=1S/C11H17ClN2O4S/c1-4-14-7-9(19(12,16)17)5-10(14)11(15)13-6-8(2)18-3/h5,7-8H,4,6H2,1-3H3,(H,13,15). The summed E-state index contributed by atoms with van der Waals surface area (Å²) in [5.41, 5.74) is 0.255. The summed E-state index contributed by atoms with van der Waals surface area (Å²) in [7, 11) is 2.97. The third kappa shape index (κ3) is 4.22. The summed E-state index contributed by atoms with van der Waals surface area (Å²) in [4.78, 5) is 11.9. The molecule has 8 heteroatoms. The highest BCUT2D eigenvalue weighted by atomic mass is 35.7. The first-order chi connectivity index (χ1) is 8.79. The number of methoxy groups -OCH3 is 1. The molecule has 108 valence electrons. The highest BCUT2D eigenvalue weighted by Crippen LogP contribution is 2.18. The quantitative estimate of drug-likeness (QED) is 0.801. The smallest absolute Gasteiger partial charge is 0.268 e. The maximum absolute atomic E-state index is 12.0. The van der Waals surface area contributed by atoms with E-state index < -0.39 is 9.05 Å². The number of rotatable bonds is 6. The Morgan fingerprint density at radius 1 is 1.58 bits per heavy atom. The Bertz CT molecular complexity index is 553. The van der Waals surface area contributed by atoms with Gasteiger partial charge in [0.05, 0.1) is 6.10 Å². The Kier molecular flexibility index (Phi) is 5.39. The van der Waals surface area contributed by atoms with E-state index >= 15 is 0 Å². The van der Waals surface area contributed by atoms with Crippen LogP contribution in [0.1, 0.15) is 24.3 Å². The van der Waals surface area contributed by atoms with Crippen LogP contribution in [0.2, 0.25) is 0 Å². The van der Waals surface area contributed by atoms with Gasteiger partial charge in [-0.15, -0.1) is 0 Å². The minimum Gasteiger partial charge on any atom is -0.380 e. The molecule has 0 aliphatic heterocycles. The van der Waals surface area contributed by atoms with Crippen molar-refractivity contribution in [2.75, 3.05) is 13.7 Å². The van der Waals surface area contributed by atoms with E-state index in [9.17, 15) is 13.2 Å². The van der Waals surface area contributed by atoms with Crippen LogP contribution in [0.4, 0.5) is 0 Å². The van der Waals surface area contributed by atoms with E-state index in [-0.39, 0.29) is 22.6 Å². The van der Waals surface area contributed by atoms with Crippen LogP contribution in [0.3, 0.4) is 0 Å². The van der Waals surface area contributed by atoms with Gasteiger partial charge >= 0.3 is 0 Å². The molecule has 1 rings (SSSR count). The van der Waals surface area contributed by atoms with Crippen LogP contribution in [-0.2, 0) is 20.3 Å². The second kappa shape index (κ2) is 6.40. The molecule has 0 bridgehead atoms. The number of ether oxygens (including phenoxy) is 1. The predicted octanol–water partition coefficient (Wildman–Crippen LogP) is 1.20. The average Bonchev–Trinajstić information content (AvgIpc) is 2.79. The van der Waals surface area contributed by atoms with Crippen molar-refractivity contribution >= 4 is 25.6 Å². The van der Waals surface area contributed by atoms with Gasteiger partial charge in [-0.2, -0.15) is 0 Å². The maximum atomic E-state index is 12.0. The normalized spacial score (nSPS) is 13.3. The number of carbonyl (C=O) groups is 1. The molecular formula is C11H17ClN2O4S. The van der Waals surface area contributed by atoms with Crippen molar-refractivity contribution in [1.29, 1.82) is 0 Å². The number of halogens is 1. The first-order valence-corrected chi connectivity index (χ1v) is 8.06. The Balaban J connectivity index is 2.93. The van der Waals surface area contributed by atoms with Crippen molar-refractivity contribution in [1.82, 2.24) is 9.88 Å². The molecule has 0 saturated heterocycles. The third-order valence-electron chi connectivity index (χ3n) is 2.68. The lowest BCUT2D eigenvalue weighted by atomic mass is 10.3. The number of aryl methyl sites for hydroxylation is 1. The van der Waals surface area contributed by atoms with Crippen molar-refractivity contribution < 1.29 is 17.9 Å². The van der Waals surface area contributed by atoms with E-state index in [2.05, 4.69) is 5.32 Å². The summed E-state index contributed by atoms with van der Waals surface area (Å²) in [5, 5.41) is 2.67. The van der Waals surface area contributed by atoms with Crippen molar-refractivity contribution in [3.63, 3.8) is 0 Å². The van der Waals surface area contributed by atoms with Crippen LogP contribution in [-0.4, -0.2) is 38.7 Å². The summed E-state index contributed by atoms with van der Waals surface area (Å²) < 4.78 is 29.0. The van der Waals surface area contributed by atoms with Crippen LogP contribution < -0.4 is 5.32 Å². The number of nitrogens with zero attached hydrogens (tertiary/aromatic N) is 1. The lowest BCUT2D eigenvalue weighted by Crippen LogP contribution is -2.32. The minimum atomic E-state index is -3.84. The van der Waals surface area contributed by atoms with E-state index in [1.807, 2.05) is 6.92 Å². The van der Waals surface area contributed by atoms with Gasteiger partial charge in [0.1, 0.15) is 10.6 Å². The molecule has 1 aromatic rings. The van der Waals surface area contributed by atoms with Crippen LogP contribution >= 0.6 is 10.7 Å². The van der Waals surface area contributed by atoms with Crippen molar-refractivity contribution in [2.45, 2.75) is 31.4 Å². The molecule has 1 unspecified atom stereocenters. The number of amides is 1. The summed E-state index contributed by atoms with van der Waals surface area (Å²) in [6.45, 7) is 4.43. The second-order valence-electron chi connectivity index (χ2n) is 4.04. The molecule has 0 fully saturated rings. The number of nitrogens with one attached hydrogen (secondary N) is 1. The molecule has 1 N–H and O–H groups in total. The first-order valence-electron chi connectivity index (χ1n) is 5.75. The van der Waals surface area contributed by atoms with Gasteiger partial charge in [0.25, 0.3) is 15.0 Å². The van der Waals surface area contributed by atoms with Crippen molar-refractivity contribution in [3.05, 3.63) is 18.0 Å². The Labute approximate surface area is 117 Å². The van der Waals surface area contributed by atoms with Crippen LogP contribution in [0.5, 0.6) is 0 Å². The molecule has 6 nitrogen and oxygen atoms in total. The lowest BCUT2D eigenvalue weighted by molar-refractivity contribution is 0.0862. The molecule has 0 saturated carbocycles. The molecule has 1 heterocycles. The monoisotopic (exact) mass is 308 g/mol. The molecular weight excluding hydrogens is 292 g/mol. The van der Waals surface area contributed by atoms with Gasteiger partial charge < -0.3 is 14.6 Å². The topological polar surface area (TPSA) is 77.4 Å². The summed E-state index contributed by atoms with van der Waals surface area (Å²) >= 11 is 0. The summed E-state index contributed by atoms with van der Waals surface area (Å²) in [6.07, 6.45) is 1.22. The second-order valence-corrected chi connectivity index (χ2v) is 6.61. The molecule has 1 atom stereocenters. The van der Waals surface area contributed by atoms with Gasteiger partial charge in [0.15, 0.2) is 0 Å². The maximum Gasteiger partial charge on any atom is 0.268 e. The van der Waals surface area contributed by atoms with Gasteiger partial charge in [-0.25, -0.2) is 8.42 Å². The average molecular weight is 309 g/mol. The van der Waals surface area contributed by atoms with Crippen molar-refractivity contribution in [3.8, 4) is 0 Å². The molecule has 0 aliphatic rings. The molecule has 0 radical (unpaired) electrons. The van der Waals surface area contributed by atoms with Crippen LogP contribution in [0.15, 0.2) is 17.2 Å². The highest BCUT2D eigenvalue weighted by molar-refractivity contribution is 8.13. The Hall–Kier alpha value is -1.05. The molecule has 0 aliphatic carbocycles. The molecule has 1 aromatic heterocycles. The largest absolute Gasteiger partial charge is 0.380 e. The van der Waals surface area contributed by atoms with E-state index in [0.29, 0.717) is 13.1 Å². The fourth-order valence-corrected chi connectivity index (χ4v) is 2.24. The highest BCUT2D eigenvalue weighted by Gasteiger charge is 2.19. The fraction of sp³-hybridized carbons (Fsp3) is 0.545. The SMILES string of the molecule is CCn1cc(S(=O)(=O)Cl)cc1C(=O)NCC(C)OC. The number of aromatic nitrogens is 1. The molecule has 0 spiro atoms. The minimum absolute atomic E-state index is 0.0824.